The number of nitrogens with one attached hydrogen (secondary N) is 1. The van der Waals surface area contributed by atoms with E-state index in [1.54, 1.807) is 0 Å². The van der Waals surface area contributed by atoms with Crippen LogP contribution in [0.5, 0.6) is 11.5 Å². The summed E-state index contributed by atoms with van der Waals surface area (Å²) in [5.41, 5.74) is -0.278. The molecule has 9 heteroatoms. The number of methoxy groups -OCH3 is 1. The molecule has 0 atom stereocenters. The van der Waals surface area contributed by atoms with Gasteiger partial charge in [-0.15, -0.1) is 0 Å². The summed E-state index contributed by atoms with van der Waals surface area (Å²) < 4.78 is 32.4. The number of carboxylic acids is 1. The molecule has 3 N–H and O–H groups in total. The molecular weight excluding hydrogens is 390 g/mol. The Morgan fingerprint density at radius 3 is 2.43 bits per heavy atom. The van der Waals surface area contributed by atoms with E-state index in [0.29, 0.717) is 10.2 Å². The molecule has 0 radical (unpaired) electrons. The number of halogens is 1. The summed E-state index contributed by atoms with van der Waals surface area (Å²) in [7, 11) is -2.45. The van der Waals surface area contributed by atoms with Gasteiger partial charge in [0.15, 0.2) is 0 Å². The Morgan fingerprint density at radius 1 is 1.22 bits per heavy atom. The Bertz CT molecular complexity index is 866. The second-order valence-electron chi connectivity index (χ2n) is 4.44. The molecule has 23 heavy (non-hydrogen) atoms. The van der Waals surface area contributed by atoms with Crippen LogP contribution in [0.1, 0.15) is 10.4 Å². The normalized spacial score (nSPS) is 11.0. The van der Waals surface area contributed by atoms with E-state index in [0.717, 1.165) is 12.1 Å². The summed E-state index contributed by atoms with van der Waals surface area (Å²) >= 11 is 3.20. The predicted octanol–water partition coefficient (Wildman–Crippen LogP) is 2.66. The molecule has 0 amide bonds. The molecule has 0 fully saturated rings. The largest absolute Gasteiger partial charge is 0.507 e. The van der Waals surface area contributed by atoms with Crippen LogP contribution in [0.2, 0.25) is 0 Å². The van der Waals surface area contributed by atoms with Crippen molar-refractivity contribution >= 4 is 37.6 Å². The quantitative estimate of drug-likeness (QED) is 0.709. The van der Waals surface area contributed by atoms with Gasteiger partial charge in [-0.25, -0.2) is 13.2 Å². The third kappa shape index (κ3) is 3.74. The number of carboxylic acid groups (broad SMARTS) is 1. The van der Waals surface area contributed by atoms with Crippen molar-refractivity contribution in [3.63, 3.8) is 0 Å². The number of benzene rings is 2. The third-order valence-electron chi connectivity index (χ3n) is 2.91. The summed E-state index contributed by atoms with van der Waals surface area (Å²) in [6.07, 6.45) is 0. The molecule has 0 bridgehead atoms. The van der Waals surface area contributed by atoms with Gasteiger partial charge in [-0.05, 0) is 46.3 Å². The molecule has 2 aromatic carbocycles. The number of ether oxygens (including phenoxy) is 1. The van der Waals surface area contributed by atoms with Crippen LogP contribution in [-0.4, -0.2) is 31.7 Å². The summed E-state index contributed by atoms with van der Waals surface area (Å²) in [6, 6.07) is 7.60. The van der Waals surface area contributed by atoms with Gasteiger partial charge in [-0.1, -0.05) is 0 Å². The van der Waals surface area contributed by atoms with E-state index in [9.17, 15) is 18.3 Å². The van der Waals surface area contributed by atoms with Crippen LogP contribution in [0.3, 0.4) is 0 Å². The summed E-state index contributed by atoms with van der Waals surface area (Å²) in [4.78, 5) is 10.8. The zero-order chi connectivity index (χ0) is 17.2. The highest BCUT2D eigenvalue weighted by atomic mass is 79.9. The van der Waals surface area contributed by atoms with Crippen LogP contribution in [0.15, 0.2) is 45.8 Å². The average Bonchev–Trinajstić information content (AvgIpc) is 2.46. The fourth-order valence-corrected chi connectivity index (χ4v) is 3.57. The summed E-state index contributed by atoms with van der Waals surface area (Å²) in [5.74, 6) is -1.36. The van der Waals surface area contributed by atoms with Gasteiger partial charge in [0.2, 0.25) is 0 Å². The lowest BCUT2D eigenvalue weighted by atomic mass is 10.2. The number of aromatic carboxylic acids is 1. The van der Waals surface area contributed by atoms with Crippen LogP contribution >= 0.6 is 15.9 Å². The average molecular weight is 402 g/mol. The maximum Gasteiger partial charge on any atom is 0.339 e. The lowest BCUT2D eigenvalue weighted by molar-refractivity contribution is 0.0694. The summed E-state index contributed by atoms with van der Waals surface area (Å²) in [6.45, 7) is 0. The van der Waals surface area contributed by atoms with Crippen molar-refractivity contribution in [2.45, 2.75) is 4.90 Å². The Morgan fingerprint density at radius 2 is 1.91 bits per heavy atom. The second-order valence-corrected chi connectivity index (χ2v) is 6.98. The first-order valence-electron chi connectivity index (χ1n) is 6.17. The molecule has 7 nitrogen and oxygen atoms in total. The van der Waals surface area contributed by atoms with Gasteiger partial charge in [0.25, 0.3) is 10.0 Å². The summed E-state index contributed by atoms with van der Waals surface area (Å²) in [5, 5.41) is 18.4. The van der Waals surface area contributed by atoms with E-state index >= 15 is 0 Å². The number of phenols is 1. The number of anilines is 1. The van der Waals surface area contributed by atoms with Gasteiger partial charge in [-0.2, -0.15) is 0 Å². The molecule has 0 aliphatic heterocycles. The zero-order valence-corrected chi connectivity index (χ0v) is 14.2. The number of hydrogen-bond acceptors (Lipinski definition) is 5. The topological polar surface area (TPSA) is 113 Å². The molecule has 0 saturated heterocycles. The SMILES string of the molecule is COc1ccc(S(=O)(=O)Nc2ccc(C(=O)O)c(O)c2)cc1Br. The highest BCUT2D eigenvalue weighted by Gasteiger charge is 2.17. The Hall–Kier alpha value is -2.26. The van der Waals surface area contributed by atoms with Gasteiger partial charge in [0.05, 0.1) is 22.2 Å². The minimum Gasteiger partial charge on any atom is -0.507 e. The molecule has 0 unspecified atom stereocenters. The van der Waals surface area contributed by atoms with Crippen molar-refractivity contribution < 1.29 is 28.2 Å². The van der Waals surface area contributed by atoms with E-state index in [2.05, 4.69) is 20.7 Å². The highest BCUT2D eigenvalue weighted by Crippen LogP contribution is 2.29. The Balaban J connectivity index is 2.33. The fraction of sp³-hybridized carbons (Fsp3) is 0.0714. The molecule has 2 aromatic rings. The fourth-order valence-electron chi connectivity index (χ4n) is 1.80. The van der Waals surface area contributed by atoms with Crippen LogP contribution < -0.4 is 9.46 Å². The maximum absolute atomic E-state index is 12.3. The molecule has 0 aliphatic carbocycles. The monoisotopic (exact) mass is 401 g/mol. The first-order chi connectivity index (χ1) is 10.7. The van der Waals surface area contributed by atoms with Gasteiger partial charge >= 0.3 is 5.97 Å². The minimum absolute atomic E-state index is 0.0213. The number of rotatable bonds is 5. The minimum atomic E-state index is -3.90. The maximum atomic E-state index is 12.3. The lowest BCUT2D eigenvalue weighted by Crippen LogP contribution is -2.13. The van der Waals surface area contributed by atoms with E-state index in [-0.39, 0.29) is 16.1 Å². The highest BCUT2D eigenvalue weighted by molar-refractivity contribution is 9.10. The molecule has 2 rings (SSSR count). The van der Waals surface area contributed by atoms with Gasteiger partial charge in [0, 0.05) is 6.07 Å². The van der Waals surface area contributed by atoms with E-state index in [1.165, 1.54) is 31.4 Å². The van der Waals surface area contributed by atoms with Gasteiger partial charge in [0.1, 0.15) is 17.1 Å². The van der Waals surface area contributed by atoms with E-state index in [4.69, 9.17) is 9.84 Å². The van der Waals surface area contributed by atoms with Crippen molar-refractivity contribution in [3.05, 3.63) is 46.4 Å². The number of aromatic hydroxyl groups is 1. The first-order valence-corrected chi connectivity index (χ1v) is 8.45. The van der Waals surface area contributed by atoms with Crippen molar-refractivity contribution in [1.29, 1.82) is 0 Å². The van der Waals surface area contributed by atoms with Crippen molar-refractivity contribution in [3.8, 4) is 11.5 Å². The predicted molar refractivity (Wildman–Crippen MR) is 86.6 cm³/mol. The zero-order valence-electron chi connectivity index (χ0n) is 11.8. The second kappa shape index (κ2) is 6.47. The van der Waals surface area contributed by atoms with Crippen molar-refractivity contribution in [2.75, 3.05) is 11.8 Å². The molecule has 0 spiro atoms. The smallest absolute Gasteiger partial charge is 0.339 e. The van der Waals surface area contributed by atoms with Gasteiger partial charge < -0.3 is 14.9 Å². The van der Waals surface area contributed by atoms with Crippen LogP contribution in [0.4, 0.5) is 5.69 Å². The van der Waals surface area contributed by atoms with Crippen LogP contribution in [0, 0.1) is 0 Å². The van der Waals surface area contributed by atoms with Crippen molar-refractivity contribution in [1.82, 2.24) is 0 Å². The van der Waals surface area contributed by atoms with Crippen LogP contribution in [-0.2, 0) is 10.0 Å². The number of carbonyl (C=O) groups is 1. The van der Waals surface area contributed by atoms with Crippen LogP contribution in [0.25, 0.3) is 0 Å². The Labute approximate surface area is 140 Å². The molecule has 0 aliphatic rings. The molecule has 0 aromatic heterocycles. The number of hydrogen-bond donors (Lipinski definition) is 3. The standard InChI is InChI=1S/C14H12BrNO6S/c1-22-13-5-3-9(7-11(13)15)23(20,21)16-8-2-4-10(14(18)19)12(17)6-8/h2-7,16-17H,1H3,(H,18,19). The first kappa shape index (κ1) is 17.1. The third-order valence-corrected chi connectivity index (χ3v) is 4.91. The molecule has 0 saturated carbocycles. The molecule has 0 heterocycles. The van der Waals surface area contributed by atoms with E-state index in [1.807, 2.05) is 0 Å². The van der Waals surface area contributed by atoms with Crippen molar-refractivity contribution in [2.24, 2.45) is 0 Å². The molecule has 122 valence electrons. The Kier molecular flexibility index (Phi) is 4.81. The van der Waals surface area contributed by atoms with E-state index < -0.39 is 21.7 Å². The van der Waals surface area contributed by atoms with Gasteiger partial charge in [-0.3, -0.25) is 4.72 Å². The molecular formula is C14H12BrNO6S. The lowest BCUT2D eigenvalue weighted by Gasteiger charge is -2.11. The number of sulfonamides is 1.